The van der Waals surface area contributed by atoms with Crippen LogP contribution in [0.3, 0.4) is 0 Å². The average molecular weight is 283 g/mol. The molecule has 1 N–H and O–H groups in total. The van der Waals surface area contributed by atoms with Gasteiger partial charge in [0.05, 0.1) is 0 Å². The zero-order chi connectivity index (χ0) is 14.5. The number of nitrogens with zero attached hydrogens (tertiary/aromatic N) is 2. The van der Waals surface area contributed by atoms with Crippen molar-refractivity contribution >= 4 is 10.0 Å². The molecule has 6 heteroatoms. The van der Waals surface area contributed by atoms with E-state index in [1.165, 1.54) is 4.31 Å². The number of hydrogen-bond acceptors (Lipinski definition) is 4. The minimum Gasteiger partial charge on any atom is -0.316 e. The Hall–Kier alpha value is -1.24. The molecular weight excluding hydrogens is 262 g/mol. The molecular formula is C13H21N3O2S. The van der Waals surface area contributed by atoms with Crippen LogP contribution in [0, 0.1) is 0 Å². The minimum atomic E-state index is -3.54. The fourth-order valence-electron chi connectivity index (χ4n) is 1.67. The Labute approximate surface area is 115 Å². The summed E-state index contributed by atoms with van der Waals surface area (Å²) in [5.41, 5.74) is 1.75. The molecule has 19 heavy (non-hydrogen) atoms. The largest absolute Gasteiger partial charge is 0.316 e. The van der Waals surface area contributed by atoms with E-state index in [-0.39, 0.29) is 5.03 Å². The van der Waals surface area contributed by atoms with E-state index in [9.17, 15) is 8.42 Å². The van der Waals surface area contributed by atoms with Crippen molar-refractivity contribution in [1.82, 2.24) is 14.6 Å². The first-order chi connectivity index (χ1) is 8.91. The van der Waals surface area contributed by atoms with Crippen molar-refractivity contribution in [1.29, 1.82) is 0 Å². The first kappa shape index (κ1) is 15.8. The maximum Gasteiger partial charge on any atom is 0.260 e. The summed E-state index contributed by atoms with van der Waals surface area (Å²) >= 11 is 0. The Morgan fingerprint density at radius 3 is 2.58 bits per heavy atom. The predicted molar refractivity (Wildman–Crippen MR) is 76.2 cm³/mol. The van der Waals surface area contributed by atoms with E-state index in [1.807, 2.05) is 14.0 Å². The van der Waals surface area contributed by atoms with Crippen LogP contribution in [0.1, 0.15) is 19.4 Å². The zero-order valence-corrected chi connectivity index (χ0v) is 12.5. The van der Waals surface area contributed by atoms with Crippen LogP contribution >= 0.6 is 0 Å². The third-order valence-electron chi connectivity index (χ3n) is 2.58. The van der Waals surface area contributed by atoms with Crippen molar-refractivity contribution in [3.05, 3.63) is 36.0 Å². The van der Waals surface area contributed by atoms with Crippen LogP contribution in [-0.2, 0) is 16.6 Å². The fourth-order valence-corrected chi connectivity index (χ4v) is 3.09. The molecule has 1 rings (SSSR count). The van der Waals surface area contributed by atoms with Gasteiger partial charge in [0.25, 0.3) is 10.0 Å². The molecule has 0 saturated carbocycles. The lowest BCUT2D eigenvalue weighted by molar-refractivity contribution is 0.450. The van der Waals surface area contributed by atoms with Gasteiger partial charge in [0.2, 0.25) is 0 Å². The molecule has 0 atom stereocenters. The molecule has 0 aliphatic heterocycles. The number of hydrogen-bond donors (Lipinski definition) is 1. The molecule has 0 aromatic carbocycles. The lowest BCUT2D eigenvalue weighted by Crippen LogP contribution is -2.32. The van der Waals surface area contributed by atoms with Crippen LogP contribution in [0.2, 0.25) is 0 Å². The van der Waals surface area contributed by atoms with Gasteiger partial charge in [-0.1, -0.05) is 25.1 Å². The topological polar surface area (TPSA) is 62.3 Å². The molecule has 1 aromatic rings. The Bertz CT molecular complexity index is 523. The Balaban J connectivity index is 3.01. The Kier molecular flexibility index (Phi) is 5.65. The van der Waals surface area contributed by atoms with Crippen molar-refractivity contribution in [3.8, 4) is 0 Å². The van der Waals surface area contributed by atoms with Gasteiger partial charge in [0, 0.05) is 25.8 Å². The van der Waals surface area contributed by atoms with Gasteiger partial charge in [-0.3, -0.25) is 0 Å². The van der Waals surface area contributed by atoms with E-state index in [2.05, 4.69) is 16.9 Å². The summed E-state index contributed by atoms with van der Waals surface area (Å²) in [4.78, 5) is 4.05. The van der Waals surface area contributed by atoms with E-state index in [0.717, 1.165) is 11.1 Å². The highest BCUT2D eigenvalue weighted by molar-refractivity contribution is 7.89. The average Bonchev–Trinajstić information content (AvgIpc) is 2.36. The first-order valence-electron chi connectivity index (χ1n) is 6.15. The van der Waals surface area contributed by atoms with Crippen molar-refractivity contribution in [2.75, 3.05) is 20.1 Å². The Morgan fingerprint density at radius 2 is 2.16 bits per heavy atom. The molecule has 106 valence electrons. The highest BCUT2D eigenvalue weighted by Gasteiger charge is 2.24. The van der Waals surface area contributed by atoms with Gasteiger partial charge in [0.15, 0.2) is 5.03 Å². The second-order valence-electron chi connectivity index (χ2n) is 4.42. The van der Waals surface area contributed by atoms with Crippen LogP contribution in [0.25, 0.3) is 0 Å². The number of likely N-dealkylation sites (N-methyl/N-ethyl adjacent to an activating group) is 1. The molecule has 0 amide bonds. The molecule has 0 unspecified atom stereocenters. The van der Waals surface area contributed by atoms with Crippen LogP contribution in [0.15, 0.2) is 35.5 Å². The molecule has 1 aromatic heterocycles. The zero-order valence-electron chi connectivity index (χ0n) is 11.7. The SMILES string of the molecule is C=C(C)CN(CC)S(=O)(=O)c1ccc(CNC)cn1. The number of nitrogens with one attached hydrogen (secondary N) is 1. The molecule has 5 nitrogen and oxygen atoms in total. The number of pyridine rings is 1. The second kappa shape index (κ2) is 6.79. The number of rotatable bonds is 7. The first-order valence-corrected chi connectivity index (χ1v) is 7.60. The van der Waals surface area contributed by atoms with Crippen LogP contribution in [-0.4, -0.2) is 37.8 Å². The van der Waals surface area contributed by atoms with E-state index in [0.29, 0.717) is 19.6 Å². The highest BCUT2D eigenvalue weighted by atomic mass is 32.2. The van der Waals surface area contributed by atoms with Crippen LogP contribution in [0.4, 0.5) is 0 Å². The second-order valence-corrected chi connectivity index (χ2v) is 6.31. The molecule has 0 bridgehead atoms. The number of aromatic nitrogens is 1. The van der Waals surface area contributed by atoms with Crippen LogP contribution < -0.4 is 5.32 Å². The number of sulfonamides is 1. The lowest BCUT2D eigenvalue weighted by Gasteiger charge is -2.19. The van der Waals surface area contributed by atoms with E-state index < -0.39 is 10.0 Å². The maximum absolute atomic E-state index is 12.4. The highest BCUT2D eigenvalue weighted by Crippen LogP contribution is 2.14. The van der Waals surface area contributed by atoms with Gasteiger partial charge in [-0.05, 0) is 25.6 Å². The molecule has 1 heterocycles. The fraction of sp³-hybridized carbons (Fsp3) is 0.462. The molecule has 0 saturated heterocycles. The minimum absolute atomic E-state index is 0.0791. The van der Waals surface area contributed by atoms with E-state index in [1.54, 1.807) is 25.3 Å². The standard InChI is InChI=1S/C13H21N3O2S/c1-5-16(10-11(2)3)19(17,18)13-7-6-12(8-14-4)9-15-13/h6-7,9,14H,2,5,8,10H2,1,3-4H3. The smallest absolute Gasteiger partial charge is 0.260 e. The Morgan fingerprint density at radius 1 is 1.47 bits per heavy atom. The molecule has 0 radical (unpaired) electrons. The predicted octanol–water partition coefficient (Wildman–Crippen LogP) is 1.39. The summed E-state index contributed by atoms with van der Waals surface area (Å²) in [6, 6.07) is 3.31. The molecule has 0 aliphatic carbocycles. The summed E-state index contributed by atoms with van der Waals surface area (Å²) < 4.78 is 26.1. The van der Waals surface area contributed by atoms with E-state index >= 15 is 0 Å². The summed E-state index contributed by atoms with van der Waals surface area (Å²) in [5, 5.41) is 3.07. The molecule has 0 spiro atoms. The van der Waals surface area contributed by atoms with Crippen molar-refractivity contribution in [2.24, 2.45) is 0 Å². The molecule has 0 aliphatic rings. The lowest BCUT2D eigenvalue weighted by atomic mass is 10.3. The third kappa shape index (κ3) is 4.12. The van der Waals surface area contributed by atoms with Crippen LogP contribution in [0.5, 0.6) is 0 Å². The van der Waals surface area contributed by atoms with Crippen molar-refractivity contribution in [2.45, 2.75) is 25.4 Å². The maximum atomic E-state index is 12.4. The summed E-state index contributed by atoms with van der Waals surface area (Å²) in [6.07, 6.45) is 1.58. The summed E-state index contributed by atoms with van der Waals surface area (Å²) in [5.74, 6) is 0. The normalized spacial score (nSPS) is 11.8. The van der Waals surface area contributed by atoms with Gasteiger partial charge in [-0.15, -0.1) is 0 Å². The molecule has 0 fully saturated rings. The monoisotopic (exact) mass is 283 g/mol. The van der Waals surface area contributed by atoms with E-state index in [4.69, 9.17) is 0 Å². The summed E-state index contributed by atoms with van der Waals surface area (Å²) in [7, 11) is -1.71. The quantitative estimate of drug-likeness (QED) is 0.768. The van der Waals surface area contributed by atoms with Gasteiger partial charge < -0.3 is 5.32 Å². The van der Waals surface area contributed by atoms with Gasteiger partial charge in [0.1, 0.15) is 0 Å². The third-order valence-corrected chi connectivity index (χ3v) is 4.42. The van der Waals surface area contributed by atoms with Gasteiger partial charge >= 0.3 is 0 Å². The van der Waals surface area contributed by atoms with Crippen molar-refractivity contribution < 1.29 is 8.42 Å². The van der Waals surface area contributed by atoms with Crippen molar-refractivity contribution in [3.63, 3.8) is 0 Å². The summed E-state index contributed by atoms with van der Waals surface area (Å²) in [6.45, 7) is 8.74. The van der Waals surface area contributed by atoms with Gasteiger partial charge in [-0.2, -0.15) is 4.31 Å². The van der Waals surface area contributed by atoms with Gasteiger partial charge in [-0.25, -0.2) is 13.4 Å².